The number of aryl methyl sites for hydroxylation is 3. The molecule has 0 aromatic carbocycles. The highest BCUT2D eigenvalue weighted by Crippen LogP contribution is 2.26. The Morgan fingerprint density at radius 1 is 1.43 bits per heavy atom. The molecule has 3 heterocycles. The molecule has 0 saturated carbocycles. The zero-order valence-electron chi connectivity index (χ0n) is 12.7. The summed E-state index contributed by atoms with van der Waals surface area (Å²) < 4.78 is 2.08. The lowest BCUT2D eigenvalue weighted by Gasteiger charge is -2.16. The Morgan fingerprint density at radius 3 is 2.86 bits per heavy atom. The monoisotopic (exact) mass is 304 g/mol. The first-order chi connectivity index (χ1) is 10.0. The van der Waals surface area contributed by atoms with Crippen LogP contribution in [0.4, 0.5) is 0 Å². The molecule has 1 amide bonds. The Labute approximate surface area is 128 Å². The zero-order valence-corrected chi connectivity index (χ0v) is 13.5. The van der Waals surface area contributed by atoms with E-state index in [9.17, 15) is 4.79 Å². The van der Waals surface area contributed by atoms with E-state index in [2.05, 4.69) is 14.5 Å². The summed E-state index contributed by atoms with van der Waals surface area (Å²) in [5.74, 6) is 1.62. The second kappa shape index (κ2) is 5.60. The van der Waals surface area contributed by atoms with Crippen molar-refractivity contribution >= 4 is 17.2 Å². The van der Waals surface area contributed by atoms with Crippen LogP contribution in [0.1, 0.15) is 34.6 Å². The first kappa shape index (κ1) is 14.3. The largest absolute Gasteiger partial charge is 0.342 e. The highest BCUT2D eigenvalue weighted by molar-refractivity contribution is 7.09. The molecule has 1 aliphatic rings. The number of hydrogen-bond acceptors (Lipinski definition) is 4. The van der Waals surface area contributed by atoms with Crippen LogP contribution in [0.25, 0.3) is 0 Å². The summed E-state index contributed by atoms with van der Waals surface area (Å²) in [6.45, 7) is 5.56. The molecule has 0 N–H and O–H groups in total. The Morgan fingerprint density at radius 2 is 2.24 bits per heavy atom. The third-order valence-electron chi connectivity index (χ3n) is 3.94. The average Bonchev–Trinajstić information content (AvgIpc) is 3.10. The normalized spacial score (nSPS) is 18.4. The Bertz CT molecular complexity index is 660. The van der Waals surface area contributed by atoms with Gasteiger partial charge in [0.05, 0.1) is 22.8 Å². The van der Waals surface area contributed by atoms with Gasteiger partial charge in [0.1, 0.15) is 5.82 Å². The maximum atomic E-state index is 12.4. The van der Waals surface area contributed by atoms with Gasteiger partial charge in [0.2, 0.25) is 5.91 Å². The van der Waals surface area contributed by atoms with Gasteiger partial charge in [-0.1, -0.05) is 0 Å². The predicted octanol–water partition coefficient (Wildman–Crippen LogP) is 2.05. The van der Waals surface area contributed by atoms with Crippen molar-refractivity contribution in [3.63, 3.8) is 0 Å². The van der Waals surface area contributed by atoms with E-state index in [4.69, 9.17) is 0 Å². The van der Waals surface area contributed by atoms with Crippen molar-refractivity contribution in [1.29, 1.82) is 0 Å². The molecule has 0 aliphatic carbocycles. The third kappa shape index (κ3) is 3.00. The summed E-state index contributed by atoms with van der Waals surface area (Å²) >= 11 is 1.60. The second-order valence-electron chi connectivity index (χ2n) is 5.71. The Balaban J connectivity index is 1.64. The van der Waals surface area contributed by atoms with Crippen molar-refractivity contribution in [3.05, 3.63) is 33.8 Å². The quantitative estimate of drug-likeness (QED) is 0.872. The maximum Gasteiger partial charge on any atom is 0.228 e. The Kier molecular flexibility index (Phi) is 3.80. The van der Waals surface area contributed by atoms with Crippen molar-refractivity contribution in [3.8, 4) is 0 Å². The lowest BCUT2D eigenvalue weighted by atomic mass is 10.1. The van der Waals surface area contributed by atoms with Gasteiger partial charge in [-0.05, 0) is 20.3 Å². The second-order valence-corrected chi connectivity index (χ2v) is 6.77. The summed E-state index contributed by atoms with van der Waals surface area (Å²) in [5.41, 5.74) is 1.93. The summed E-state index contributed by atoms with van der Waals surface area (Å²) in [6, 6.07) is 0. The van der Waals surface area contributed by atoms with E-state index in [-0.39, 0.29) is 5.91 Å². The molecule has 1 aliphatic heterocycles. The van der Waals surface area contributed by atoms with Crippen LogP contribution in [0.5, 0.6) is 0 Å². The van der Waals surface area contributed by atoms with E-state index >= 15 is 0 Å². The fourth-order valence-electron chi connectivity index (χ4n) is 2.97. The van der Waals surface area contributed by atoms with Crippen molar-refractivity contribution in [2.45, 2.75) is 32.6 Å². The van der Waals surface area contributed by atoms with Gasteiger partial charge < -0.3 is 9.47 Å². The number of thiazole rings is 1. The van der Waals surface area contributed by atoms with Crippen molar-refractivity contribution in [2.75, 3.05) is 13.1 Å². The molecular weight excluding hydrogens is 284 g/mol. The first-order valence-electron chi connectivity index (χ1n) is 7.21. The number of carbonyl (C=O) groups is 1. The van der Waals surface area contributed by atoms with Crippen LogP contribution >= 0.6 is 11.3 Å². The predicted molar refractivity (Wildman–Crippen MR) is 82.4 cm³/mol. The summed E-state index contributed by atoms with van der Waals surface area (Å²) in [5, 5.41) is 2.99. The number of carbonyl (C=O) groups excluding carboxylic acids is 1. The first-order valence-corrected chi connectivity index (χ1v) is 8.09. The highest BCUT2D eigenvalue weighted by Gasteiger charge is 2.30. The molecule has 5 nitrogen and oxygen atoms in total. The van der Waals surface area contributed by atoms with Crippen LogP contribution in [0.2, 0.25) is 0 Å². The van der Waals surface area contributed by atoms with E-state index in [0.29, 0.717) is 12.3 Å². The summed E-state index contributed by atoms with van der Waals surface area (Å²) in [4.78, 5) is 23.3. The van der Waals surface area contributed by atoms with E-state index in [1.54, 1.807) is 11.3 Å². The van der Waals surface area contributed by atoms with Crippen LogP contribution in [0, 0.1) is 13.8 Å². The Hall–Kier alpha value is -1.69. The number of hydrogen-bond donors (Lipinski definition) is 0. The van der Waals surface area contributed by atoms with Crippen LogP contribution in [0.15, 0.2) is 11.6 Å². The van der Waals surface area contributed by atoms with Gasteiger partial charge in [-0.25, -0.2) is 9.97 Å². The van der Waals surface area contributed by atoms with Gasteiger partial charge in [-0.3, -0.25) is 4.79 Å². The summed E-state index contributed by atoms with van der Waals surface area (Å²) in [6.07, 6.45) is 3.45. The molecule has 1 unspecified atom stereocenters. The number of imidazole rings is 1. The highest BCUT2D eigenvalue weighted by atomic mass is 32.1. The molecule has 2 aromatic rings. The lowest BCUT2D eigenvalue weighted by Crippen LogP contribution is -2.30. The fourth-order valence-corrected chi connectivity index (χ4v) is 3.58. The topological polar surface area (TPSA) is 51.0 Å². The molecule has 6 heteroatoms. The zero-order chi connectivity index (χ0) is 15.0. The van der Waals surface area contributed by atoms with Gasteiger partial charge in [-0.15, -0.1) is 11.3 Å². The third-order valence-corrected chi connectivity index (χ3v) is 4.76. The standard InChI is InChI=1S/C15H20N4OS/c1-10-7-18(3)15(16-10)12-4-5-19(8-12)14(20)6-13-9-21-11(2)17-13/h7,9,12H,4-6,8H2,1-3H3. The van der Waals surface area contributed by atoms with Crippen molar-refractivity contribution in [2.24, 2.45) is 7.05 Å². The minimum absolute atomic E-state index is 0.175. The van der Waals surface area contributed by atoms with Crippen molar-refractivity contribution < 1.29 is 4.79 Å². The van der Waals surface area contributed by atoms with Crippen LogP contribution in [0.3, 0.4) is 0 Å². The molecule has 0 bridgehead atoms. The molecule has 3 rings (SSSR count). The van der Waals surface area contributed by atoms with Gasteiger partial charge in [0.15, 0.2) is 0 Å². The number of rotatable bonds is 3. The molecule has 21 heavy (non-hydrogen) atoms. The van der Waals surface area contributed by atoms with Gasteiger partial charge in [0, 0.05) is 37.6 Å². The molecular formula is C15H20N4OS. The van der Waals surface area contributed by atoms with E-state index < -0.39 is 0 Å². The number of aromatic nitrogens is 3. The van der Waals surface area contributed by atoms with Crippen LogP contribution in [-0.2, 0) is 18.3 Å². The van der Waals surface area contributed by atoms with E-state index in [1.165, 1.54) is 0 Å². The lowest BCUT2D eigenvalue weighted by molar-refractivity contribution is -0.129. The maximum absolute atomic E-state index is 12.4. The molecule has 0 spiro atoms. The number of likely N-dealkylation sites (tertiary alicyclic amines) is 1. The van der Waals surface area contributed by atoms with Gasteiger partial charge >= 0.3 is 0 Å². The van der Waals surface area contributed by atoms with Gasteiger partial charge in [0.25, 0.3) is 0 Å². The smallest absolute Gasteiger partial charge is 0.228 e. The minimum atomic E-state index is 0.175. The molecule has 1 atom stereocenters. The number of nitrogens with zero attached hydrogens (tertiary/aromatic N) is 4. The summed E-state index contributed by atoms with van der Waals surface area (Å²) in [7, 11) is 2.03. The van der Waals surface area contributed by atoms with Crippen molar-refractivity contribution in [1.82, 2.24) is 19.4 Å². The van der Waals surface area contributed by atoms with E-state index in [1.807, 2.05) is 37.4 Å². The van der Waals surface area contributed by atoms with Gasteiger partial charge in [-0.2, -0.15) is 0 Å². The molecule has 0 radical (unpaired) electrons. The van der Waals surface area contributed by atoms with Crippen LogP contribution in [-0.4, -0.2) is 38.4 Å². The molecule has 2 aromatic heterocycles. The fraction of sp³-hybridized carbons (Fsp3) is 0.533. The number of amides is 1. The van der Waals surface area contributed by atoms with E-state index in [0.717, 1.165) is 41.7 Å². The molecule has 1 fully saturated rings. The average molecular weight is 304 g/mol. The molecule has 112 valence electrons. The van der Waals surface area contributed by atoms with Crippen LogP contribution < -0.4 is 0 Å². The minimum Gasteiger partial charge on any atom is -0.342 e. The molecule has 1 saturated heterocycles. The SMILES string of the molecule is Cc1cn(C)c(C2CCN(C(=O)Cc3csc(C)n3)C2)n1.